The van der Waals surface area contributed by atoms with Crippen molar-refractivity contribution in [1.82, 2.24) is 14.5 Å². The second-order valence-corrected chi connectivity index (χ2v) is 9.77. The Morgan fingerprint density at radius 3 is 2.25 bits per heavy atom. The molecule has 0 unspecified atom stereocenters. The summed E-state index contributed by atoms with van der Waals surface area (Å²) in [5, 5.41) is 2.64. The Kier molecular flexibility index (Phi) is 9.41. The van der Waals surface area contributed by atoms with Crippen LogP contribution in [-0.4, -0.2) is 56.1 Å². The minimum Gasteiger partial charge on any atom is -0.357 e. The van der Waals surface area contributed by atoms with Crippen LogP contribution in [0.2, 0.25) is 0 Å². The predicted molar refractivity (Wildman–Crippen MR) is 125 cm³/mol. The zero-order valence-corrected chi connectivity index (χ0v) is 20.1. The molecule has 174 valence electrons. The van der Waals surface area contributed by atoms with Gasteiger partial charge in [0.05, 0.1) is 4.90 Å². The fraction of sp³-hybridized carbons (Fsp3) is 0.417. The average Bonchev–Trinajstić information content (AvgIpc) is 2.80. The first-order valence-corrected chi connectivity index (χ1v) is 12.2. The molecular weight excluding hydrogens is 426 g/mol. The van der Waals surface area contributed by atoms with Crippen molar-refractivity contribution in [1.29, 1.82) is 0 Å². The lowest BCUT2D eigenvalue weighted by atomic mass is 10.1. The first-order valence-electron chi connectivity index (χ1n) is 10.8. The standard InChI is InChI=1S/C24H33N3O4S/c1-5-22(24(29)25-3)27(18-20-13-10-9-12-19(20)2)23(28)16-11-17-26(4)32(30,31)21-14-7-6-8-15-21/h6-10,12-15,22H,5,11,16-18H2,1-4H3,(H,25,29)/t22-/m0/s1. The van der Waals surface area contributed by atoms with Crippen molar-refractivity contribution in [2.24, 2.45) is 0 Å². The molecule has 2 aromatic carbocycles. The van der Waals surface area contributed by atoms with Gasteiger partial charge < -0.3 is 10.2 Å². The summed E-state index contributed by atoms with van der Waals surface area (Å²) in [7, 11) is -0.534. The van der Waals surface area contributed by atoms with Gasteiger partial charge in [-0.1, -0.05) is 49.4 Å². The molecule has 1 N–H and O–H groups in total. The first-order chi connectivity index (χ1) is 15.2. The molecule has 7 nitrogen and oxygen atoms in total. The molecule has 2 aromatic rings. The summed E-state index contributed by atoms with van der Waals surface area (Å²) in [6.45, 7) is 4.38. The highest BCUT2D eigenvalue weighted by Gasteiger charge is 2.28. The number of nitrogens with one attached hydrogen (secondary N) is 1. The van der Waals surface area contributed by atoms with Gasteiger partial charge in [0.25, 0.3) is 0 Å². The molecule has 1 atom stereocenters. The summed E-state index contributed by atoms with van der Waals surface area (Å²) in [6, 6.07) is 15.4. The van der Waals surface area contributed by atoms with Gasteiger partial charge in [0.2, 0.25) is 21.8 Å². The summed E-state index contributed by atoms with van der Waals surface area (Å²) >= 11 is 0. The van der Waals surface area contributed by atoms with Crippen molar-refractivity contribution >= 4 is 21.8 Å². The summed E-state index contributed by atoms with van der Waals surface area (Å²) in [6.07, 6.45) is 0.990. The van der Waals surface area contributed by atoms with Crippen LogP contribution in [-0.2, 0) is 26.2 Å². The van der Waals surface area contributed by atoms with Crippen molar-refractivity contribution in [3.63, 3.8) is 0 Å². The van der Waals surface area contributed by atoms with Gasteiger partial charge in [-0.05, 0) is 43.0 Å². The van der Waals surface area contributed by atoms with E-state index in [2.05, 4.69) is 5.32 Å². The quantitative estimate of drug-likeness (QED) is 0.560. The molecule has 0 spiro atoms. The van der Waals surface area contributed by atoms with Crippen LogP contribution in [0.1, 0.15) is 37.3 Å². The number of aryl methyl sites for hydroxylation is 1. The van der Waals surface area contributed by atoms with E-state index in [1.54, 1.807) is 42.3 Å². The maximum Gasteiger partial charge on any atom is 0.242 e. The van der Waals surface area contributed by atoms with E-state index in [0.29, 0.717) is 19.4 Å². The summed E-state index contributed by atoms with van der Waals surface area (Å²) in [5.41, 5.74) is 2.03. The molecule has 32 heavy (non-hydrogen) atoms. The minimum atomic E-state index is -3.61. The third-order valence-electron chi connectivity index (χ3n) is 5.55. The van der Waals surface area contributed by atoms with Crippen LogP contribution in [0.5, 0.6) is 0 Å². The monoisotopic (exact) mass is 459 g/mol. The summed E-state index contributed by atoms with van der Waals surface area (Å²) < 4.78 is 26.6. The Hall–Kier alpha value is -2.71. The van der Waals surface area contributed by atoms with E-state index < -0.39 is 16.1 Å². The molecular formula is C24H33N3O4S. The number of sulfonamides is 1. The number of amides is 2. The van der Waals surface area contributed by atoms with Crippen molar-refractivity contribution in [2.45, 2.75) is 50.6 Å². The molecule has 0 aliphatic heterocycles. The van der Waals surface area contributed by atoms with Crippen LogP contribution in [0.4, 0.5) is 0 Å². The number of carbonyl (C=O) groups excluding carboxylic acids is 2. The van der Waals surface area contributed by atoms with Gasteiger partial charge in [-0.3, -0.25) is 9.59 Å². The normalized spacial score (nSPS) is 12.4. The highest BCUT2D eigenvalue weighted by Crippen LogP contribution is 2.18. The molecule has 0 fully saturated rings. The maximum absolute atomic E-state index is 13.2. The smallest absolute Gasteiger partial charge is 0.242 e. The number of benzene rings is 2. The summed E-state index contributed by atoms with van der Waals surface area (Å²) in [5.74, 6) is -0.382. The zero-order valence-electron chi connectivity index (χ0n) is 19.2. The summed E-state index contributed by atoms with van der Waals surface area (Å²) in [4.78, 5) is 27.4. The number of hydrogen-bond donors (Lipinski definition) is 1. The Morgan fingerprint density at radius 1 is 1.03 bits per heavy atom. The number of rotatable bonds is 11. The number of hydrogen-bond acceptors (Lipinski definition) is 4. The van der Waals surface area contributed by atoms with Gasteiger partial charge >= 0.3 is 0 Å². The number of carbonyl (C=O) groups is 2. The highest BCUT2D eigenvalue weighted by molar-refractivity contribution is 7.89. The Labute approximate surface area is 191 Å². The van der Waals surface area contributed by atoms with Crippen LogP contribution < -0.4 is 5.32 Å². The molecule has 2 amide bonds. The van der Waals surface area contributed by atoms with E-state index in [4.69, 9.17) is 0 Å². The molecule has 0 bridgehead atoms. The number of likely N-dealkylation sites (N-methyl/N-ethyl adjacent to an activating group) is 1. The molecule has 0 aromatic heterocycles. The van der Waals surface area contributed by atoms with Crippen LogP contribution in [0.25, 0.3) is 0 Å². The van der Waals surface area contributed by atoms with E-state index in [1.165, 1.54) is 11.4 Å². The molecule has 0 saturated carbocycles. The van der Waals surface area contributed by atoms with Crippen LogP contribution in [0.3, 0.4) is 0 Å². The Morgan fingerprint density at radius 2 is 1.66 bits per heavy atom. The lowest BCUT2D eigenvalue weighted by Gasteiger charge is -2.31. The fourth-order valence-electron chi connectivity index (χ4n) is 3.55. The molecule has 0 radical (unpaired) electrons. The molecule has 8 heteroatoms. The largest absolute Gasteiger partial charge is 0.357 e. The third kappa shape index (κ3) is 6.40. The average molecular weight is 460 g/mol. The maximum atomic E-state index is 13.2. The van der Waals surface area contributed by atoms with Crippen molar-refractivity contribution in [3.8, 4) is 0 Å². The molecule has 2 rings (SSSR count). The third-order valence-corrected chi connectivity index (χ3v) is 7.42. The lowest BCUT2D eigenvalue weighted by Crippen LogP contribution is -2.48. The van der Waals surface area contributed by atoms with E-state index in [-0.39, 0.29) is 29.7 Å². The van der Waals surface area contributed by atoms with Crippen molar-refractivity contribution < 1.29 is 18.0 Å². The van der Waals surface area contributed by atoms with E-state index in [0.717, 1.165) is 11.1 Å². The lowest BCUT2D eigenvalue weighted by molar-refractivity contribution is -0.141. The Bertz CT molecular complexity index is 1010. The van der Waals surface area contributed by atoms with Gasteiger partial charge in [-0.15, -0.1) is 0 Å². The van der Waals surface area contributed by atoms with Crippen molar-refractivity contribution in [2.75, 3.05) is 20.6 Å². The predicted octanol–water partition coefficient (Wildman–Crippen LogP) is 2.95. The second-order valence-electron chi connectivity index (χ2n) is 7.73. The zero-order chi connectivity index (χ0) is 23.7. The van der Waals surface area contributed by atoms with Crippen LogP contribution in [0, 0.1) is 6.92 Å². The fourth-order valence-corrected chi connectivity index (χ4v) is 4.78. The SMILES string of the molecule is CC[C@@H](C(=O)NC)N(Cc1ccccc1C)C(=O)CCCN(C)S(=O)(=O)c1ccccc1. The van der Waals surface area contributed by atoms with Crippen LogP contribution in [0.15, 0.2) is 59.5 Å². The molecule has 0 saturated heterocycles. The van der Waals surface area contributed by atoms with E-state index in [1.807, 2.05) is 38.1 Å². The second kappa shape index (κ2) is 11.8. The van der Waals surface area contributed by atoms with Gasteiger partial charge in [-0.25, -0.2) is 12.7 Å². The number of nitrogens with zero attached hydrogens (tertiary/aromatic N) is 2. The minimum absolute atomic E-state index is 0.147. The van der Waals surface area contributed by atoms with Gasteiger partial charge in [0.15, 0.2) is 0 Å². The van der Waals surface area contributed by atoms with E-state index in [9.17, 15) is 18.0 Å². The van der Waals surface area contributed by atoms with Gasteiger partial charge in [0, 0.05) is 33.6 Å². The van der Waals surface area contributed by atoms with Gasteiger partial charge in [-0.2, -0.15) is 0 Å². The molecule has 0 aliphatic carbocycles. The van der Waals surface area contributed by atoms with Gasteiger partial charge in [0.1, 0.15) is 6.04 Å². The first kappa shape index (κ1) is 25.5. The highest BCUT2D eigenvalue weighted by atomic mass is 32.2. The van der Waals surface area contributed by atoms with Crippen LogP contribution >= 0.6 is 0 Å². The van der Waals surface area contributed by atoms with E-state index >= 15 is 0 Å². The molecule has 0 heterocycles. The Balaban J connectivity index is 2.10. The molecule has 0 aliphatic rings. The topological polar surface area (TPSA) is 86.8 Å². The van der Waals surface area contributed by atoms with Crippen molar-refractivity contribution in [3.05, 3.63) is 65.7 Å².